The number of carbonyl (C=O) groups excluding carboxylic acids is 1. The van der Waals surface area contributed by atoms with Crippen LogP contribution in [0.5, 0.6) is 0 Å². The molecular formula is C19H22BrNO. The van der Waals surface area contributed by atoms with Crippen LogP contribution >= 0.6 is 15.9 Å². The first-order chi connectivity index (χ1) is 10.5. The summed E-state index contributed by atoms with van der Waals surface area (Å²) in [6.45, 7) is 5.06. The molecular weight excluding hydrogens is 338 g/mol. The minimum absolute atomic E-state index is 0.0705. The Balaban J connectivity index is 1.75. The molecule has 2 aromatic carbocycles. The Morgan fingerprint density at radius 1 is 1.00 bits per heavy atom. The highest BCUT2D eigenvalue weighted by atomic mass is 79.9. The summed E-state index contributed by atoms with van der Waals surface area (Å²) in [7, 11) is 0. The number of rotatable bonds is 6. The monoisotopic (exact) mass is 359 g/mol. The molecule has 3 heteroatoms. The number of hydrogen-bond acceptors (Lipinski definition) is 1. The van der Waals surface area contributed by atoms with Gasteiger partial charge in [-0.05, 0) is 41.2 Å². The average molecular weight is 360 g/mol. The predicted molar refractivity (Wildman–Crippen MR) is 95.1 cm³/mol. The number of amides is 1. The number of benzene rings is 2. The number of nitrogens with one attached hydrogen (secondary N) is 1. The highest BCUT2D eigenvalue weighted by Crippen LogP contribution is 2.15. The Bertz CT molecular complexity index is 602. The van der Waals surface area contributed by atoms with E-state index in [1.807, 2.05) is 24.3 Å². The van der Waals surface area contributed by atoms with Crippen LogP contribution in [0.3, 0.4) is 0 Å². The fourth-order valence-corrected chi connectivity index (χ4v) is 2.53. The number of hydrogen-bond donors (Lipinski definition) is 1. The normalized spacial score (nSPS) is 10.7. The Morgan fingerprint density at radius 3 is 2.18 bits per heavy atom. The highest BCUT2D eigenvalue weighted by Gasteiger charge is 2.03. The predicted octanol–water partition coefficient (Wildman–Crippen LogP) is 4.47. The molecule has 1 amide bonds. The van der Waals surface area contributed by atoms with Gasteiger partial charge in [-0.2, -0.15) is 0 Å². The van der Waals surface area contributed by atoms with E-state index in [1.54, 1.807) is 0 Å². The van der Waals surface area contributed by atoms with E-state index in [9.17, 15) is 4.79 Å². The lowest BCUT2D eigenvalue weighted by atomic mass is 10.0. The van der Waals surface area contributed by atoms with Crippen LogP contribution in [-0.2, 0) is 17.6 Å². The van der Waals surface area contributed by atoms with Crippen LogP contribution in [0.1, 0.15) is 36.5 Å². The van der Waals surface area contributed by atoms with Gasteiger partial charge in [0.15, 0.2) is 0 Å². The molecule has 116 valence electrons. The summed E-state index contributed by atoms with van der Waals surface area (Å²) in [6, 6.07) is 16.5. The zero-order valence-corrected chi connectivity index (χ0v) is 14.7. The molecule has 0 heterocycles. The second-order valence-electron chi connectivity index (χ2n) is 5.80. The molecule has 0 aliphatic carbocycles. The number of carbonyl (C=O) groups is 1. The van der Waals surface area contributed by atoms with E-state index < -0.39 is 0 Å². The molecule has 22 heavy (non-hydrogen) atoms. The summed E-state index contributed by atoms with van der Waals surface area (Å²) in [4.78, 5) is 11.9. The Hall–Kier alpha value is -1.61. The zero-order chi connectivity index (χ0) is 15.9. The van der Waals surface area contributed by atoms with Gasteiger partial charge in [0.1, 0.15) is 0 Å². The Morgan fingerprint density at radius 2 is 1.59 bits per heavy atom. The molecule has 2 rings (SSSR count). The molecule has 2 aromatic rings. The minimum atomic E-state index is 0.0705. The van der Waals surface area contributed by atoms with E-state index in [-0.39, 0.29) is 5.91 Å². The molecule has 0 aliphatic rings. The lowest BCUT2D eigenvalue weighted by molar-refractivity contribution is -0.120. The average Bonchev–Trinajstić information content (AvgIpc) is 2.50. The van der Waals surface area contributed by atoms with Gasteiger partial charge in [-0.1, -0.05) is 66.2 Å². The topological polar surface area (TPSA) is 29.1 Å². The molecule has 1 N–H and O–H groups in total. The zero-order valence-electron chi connectivity index (χ0n) is 13.1. The third-order valence-corrected chi connectivity index (χ3v) is 4.19. The maximum Gasteiger partial charge on any atom is 0.224 e. The van der Waals surface area contributed by atoms with E-state index in [2.05, 4.69) is 59.4 Å². The van der Waals surface area contributed by atoms with E-state index in [0.29, 0.717) is 18.9 Å². The van der Waals surface area contributed by atoms with Gasteiger partial charge in [-0.3, -0.25) is 4.79 Å². The van der Waals surface area contributed by atoms with Crippen molar-refractivity contribution in [3.05, 3.63) is 69.7 Å². The van der Waals surface area contributed by atoms with Crippen molar-refractivity contribution in [1.82, 2.24) is 5.32 Å². The van der Waals surface area contributed by atoms with Crippen molar-refractivity contribution in [3.63, 3.8) is 0 Å². The first-order valence-corrected chi connectivity index (χ1v) is 8.44. The molecule has 0 atom stereocenters. The van der Waals surface area contributed by atoms with Crippen LogP contribution in [0.15, 0.2) is 53.0 Å². The molecule has 0 aromatic heterocycles. The summed E-state index contributed by atoms with van der Waals surface area (Å²) in [5.74, 6) is 0.626. The Kier molecular flexibility index (Phi) is 6.20. The standard InChI is InChI=1S/C19H22BrNO/c1-14(2)17-7-3-15(4-8-17)11-12-21-19(22)13-16-5-9-18(20)10-6-16/h3-10,14H,11-13H2,1-2H3,(H,21,22). The molecule has 2 nitrogen and oxygen atoms in total. The van der Waals surface area contributed by atoms with Crippen molar-refractivity contribution in [2.75, 3.05) is 6.54 Å². The molecule has 0 saturated heterocycles. The van der Waals surface area contributed by atoms with Gasteiger partial charge in [0.25, 0.3) is 0 Å². The van der Waals surface area contributed by atoms with Crippen molar-refractivity contribution >= 4 is 21.8 Å². The van der Waals surface area contributed by atoms with E-state index >= 15 is 0 Å². The maximum atomic E-state index is 11.9. The lowest BCUT2D eigenvalue weighted by Gasteiger charge is -2.08. The summed E-state index contributed by atoms with van der Waals surface area (Å²) in [5, 5.41) is 2.98. The van der Waals surface area contributed by atoms with Gasteiger partial charge >= 0.3 is 0 Å². The number of halogens is 1. The third kappa shape index (κ3) is 5.30. The van der Waals surface area contributed by atoms with Gasteiger partial charge in [-0.25, -0.2) is 0 Å². The van der Waals surface area contributed by atoms with Crippen molar-refractivity contribution in [2.24, 2.45) is 0 Å². The SMILES string of the molecule is CC(C)c1ccc(CCNC(=O)Cc2ccc(Br)cc2)cc1. The van der Waals surface area contributed by atoms with E-state index in [0.717, 1.165) is 16.5 Å². The van der Waals surface area contributed by atoms with Crippen molar-refractivity contribution < 1.29 is 4.79 Å². The molecule has 0 fully saturated rings. The second kappa shape index (κ2) is 8.14. The van der Waals surface area contributed by atoms with Crippen LogP contribution in [-0.4, -0.2) is 12.5 Å². The quantitative estimate of drug-likeness (QED) is 0.809. The molecule has 0 spiro atoms. The molecule has 0 bridgehead atoms. The van der Waals surface area contributed by atoms with Crippen LogP contribution < -0.4 is 5.32 Å². The summed E-state index contributed by atoms with van der Waals surface area (Å²) in [6.07, 6.45) is 1.30. The highest BCUT2D eigenvalue weighted by molar-refractivity contribution is 9.10. The third-order valence-electron chi connectivity index (χ3n) is 3.66. The van der Waals surface area contributed by atoms with Gasteiger partial charge in [0.2, 0.25) is 5.91 Å². The maximum absolute atomic E-state index is 11.9. The summed E-state index contributed by atoms with van der Waals surface area (Å²) >= 11 is 3.39. The van der Waals surface area contributed by atoms with Crippen molar-refractivity contribution in [1.29, 1.82) is 0 Å². The van der Waals surface area contributed by atoms with Gasteiger partial charge in [-0.15, -0.1) is 0 Å². The van der Waals surface area contributed by atoms with Gasteiger partial charge in [0.05, 0.1) is 6.42 Å². The van der Waals surface area contributed by atoms with Crippen LogP contribution in [0.25, 0.3) is 0 Å². The molecule has 0 unspecified atom stereocenters. The van der Waals surface area contributed by atoms with E-state index in [4.69, 9.17) is 0 Å². The minimum Gasteiger partial charge on any atom is -0.355 e. The van der Waals surface area contributed by atoms with Crippen LogP contribution in [0.4, 0.5) is 0 Å². The largest absolute Gasteiger partial charge is 0.355 e. The Labute approximate surface area is 141 Å². The first kappa shape index (κ1) is 16.8. The lowest BCUT2D eigenvalue weighted by Crippen LogP contribution is -2.27. The van der Waals surface area contributed by atoms with Gasteiger partial charge < -0.3 is 5.32 Å². The molecule has 0 saturated carbocycles. The van der Waals surface area contributed by atoms with Crippen LogP contribution in [0.2, 0.25) is 0 Å². The molecule has 0 aliphatic heterocycles. The van der Waals surface area contributed by atoms with E-state index in [1.165, 1.54) is 11.1 Å². The molecule has 0 radical (unpaired) electrons. The van der Waals surface area contributed by atoms with Gasteiger partial charge in [0, 0.05) is 11.0 Å². The van der Waals surface area contributed by atoms with Crippen molar-refractivity contribution in [3.8, 4) is 0 Å². The fraction of sp³-hybridized carbons (Fsp3) is 0.316. The summed E-state index contributed by atoms with van der Waals surface area (Å²) in [5.41, 5.74) is 3.64. The van der Waals surface area contributed by atoms with Crippen LogP contribution in [0, 0.1) is 0 Å². The fourth-order valence-electron chi connectivity index (χ4n) is 2.27. The second-order valence-corrected chi connectivity index (χ2v) is 6.72. The first-order valence-electron chi connectivity index (χ1n) is 7.64. The smallest absolute Gasteiger partial charge is 0.224 e. The summed E-state index contributed by atoms with van der Waals surface area (Å²) < 4.78 is 1.03. The van der Waals surface area contributed by atoms with Crippen molar-refractivity contribution in [2.45, 2.75) is 32.6 Å².